The van der Waals surface area contributed by atoms with E-state index in [1.54, 1.807) is 30.3 Å². The Hall–Kier alpha value is -0.910. The first-order valence-electron chi connectivity index (χ1n) is 5.28. The lowest BCUT2D eigenvalue weighted by Crippen LogP contribution is -2.36. The molecule has 0 aliphatic carbocycles. The van der Waals surface area contributed by atoms with Crippen LogP contribution in [0.4, 0.5) is 13.2 Å². The molecule has 0 fully saturated rings. The molecule has 20 heavy (non-hydrogen) atoms. The van der Waals surface area contributed by atoms with Crippen LogP contribution in [-0.4, -0.2) is 15.9 Å². The topological polar surface area (TPSA) is 29.1 Å². The van der Waals surface area contributed by atoms with E-state index in [0.29, 0.717) is 5.56 Å². The summed E-state index contributed by atoms with van der Waals surface area (Å²) in [5, 5.41) is 2.22. The van der Waals surface area contributed by atoms with Gasteiger partial charge in [0.25, 0.3) is 9.70 Å². The third kappa shape index (κ3) is 6.03. The molecule has 0 aliphatic rings. The summed E-state index contributed by atoms with van der Waals surface area (Å²) in [6.07, 6.45) is -3.70. The van der Waals surface area contributed by atoms with Crippen molar-refractivity contribution in [2.24, 2.45) is 0 Å². The van der Waals surface area contributed by atoms with Gasteiger partial charge in [-0.1, -0.05) is 71.2 Å². The molecule has 1 atom stereocenters. The van der Waals surface area contributed by atoms with Crippen molar-refractivity contribution < 1.29 is 18.0 Å². The molecule has 0 saturated heterocycles. The lowest BCUT2D eigenvalue weighted by atomic mass is 10.1. The van der Waals surface area contributed by atoms with Gasteiger partial charge in [-0.25, -0.2) is 0 Å². The number of rotatable bonds is 3. The van der Waals surface area contributed by atoms with Crippen molar-refractivity contribution in [1.29, 1.82) is 0 Å². The van der Waals surface area contributed by atoms with Crippen LogP contribution in [0.2, 0.25) is 0 Å². The first kappa shape index (κ1) is 17.1. The highest BCUT2D eigenvalue weighted by atomic mass is 35.6. The van der Waals surface area contributed by atoms with Crippen molar-refractivity contribution in [3.63, 3.8) is 0 Å². The SMILES string of the molecule is O=C(NC(/C=C/C(F)(F)F)c1ccccc1)C(Cl)(Cl)Cl. The average molecular weight is 347 g/mol. The Kier molecular flexibility index (Phi) is 5.74. The van der Waals surface area contributed by atoms with Crippen LogP contribution in [0.1, 0.15) is 11.6 Å². The average Bonchev–Trinajstić information content (AvgIpc) is 2.33. The van der Waals surface area contributed by atoms with Gasteiger partial charge in [0.05, 0.1) is 6.04 Å². The molecule has 0 radical (unpaired) electrons. The van der Waals surface area contributed by atoms with Crippen LogP contribution in [0.15, 0.2) is 42.5 Å². The molecular formula is C12H9Cl3F3NO. The number of benzene rings is 1. The molecule has 0 saturated carbocycles. The predicted molar refractivity (Wildman–Crippen MR) is 72.8 cm³/mol. The number of halogens is 6. The van der Waals surface area contributed by atoms with E-state index < -0.39 is 21.9 Å². The number of carbonyl (C=O) groups is 1. The minimum absolute atomic E-state index is 0.0172. The molecule has 0 aliphatic heterocycles. The Morgan fingerprint density at radius 3 is 2.15 bits per heavy atom. The highest BCUT2D eigenvalue weighted by Gasteiger charge is 2.32. The zero-order valence-corrected chi connectivity index (χ0v) is 12.1. The quantitative estimate of drug-likeness (QED) is 0.640. The number of alkyl halides is 6. The first-order valence-corrected chi connectivity index (χ1v) is 6.42. The van der Waals surface area contributed by atoms with Crippen LogP contribution in [0, 0.1) is 0 Å². The largest absolute Gasteiger partial charge is 0.409 e. The minimum Gasteiger partial charge on any atom is -0.342 e. The molecule has 1 aromatic rings. The van der Waals surface area contributed by atoms with E-state index in [1.165, 1.54) is 0 Å². The van der Waals surface area contributed by atoms with Crippen molar-refractivity contribution in [3.05, 3.63) is 48.0 Å². The second-order valence-electron chi connectivity index (χ2n) is 3.76. The van der Waals surface area contributed by atoms with Crippen molar-refractivity contribution in [2.45, 2.75) is 16.0 Å². The Morgan fingerprint density at radius 1 is 1.15 bits per heavy atom. The molecule has 8 heteroatoms. The van der Waals surface area contributed by atoms with Gasteiger partial charge in [0, 0.05) is 6.08 Å². The summed E-state index contributed by atoms with van der Waals surface area (Å²) in [6.45, 7) is 0. The summed E-state index contributed by atoms with van der Waals surface area (Å²) in [5.41, 5.74) is 0.426. The fourth-order valence-electron chi connectivity index (χ4n) is 1.33. The molecule has 0 bridgehead atoms. The fraction of sp³-hybridized carbons (Fsp3) is 0.250. The van der Waals surface area contributed by atoms with Gasteiger partial charge in [0.1, 0.15) is 0 Å². The summed E-state index contributed by atoms with van der Waals surface area (Å²) in [6, 6.07) is 6.95. The van der Waals surface area contributed by atoms with Gasteiger partial charge in [0.2, 0.25) is 0 Å². The zero-order chi connectivity index (χ0) is 15.4. The number of nitrogens with one attached hydrogen (secondary N) is 1. The molecule has 2 nitrogen and oxygen atoms in total. The summed E-state index contributed by atoms with van der Waals surface area (Å²) in [7, 11) is 0. The van der Waals surface area contributed by atoms with Gasteiger partial charge in [0.15, 0.2) is 0 Å². The van der Waals surface area contributed by atoms with Crippen molar-refractivity contribution >= 4 is 40.7 Å². The van der Waals surface area contributed by atoms with Gasteiger partial charge < -0.3 is 5.32 Å². The normalized spacial score (nSPS) is 14.3. The van der Waals surface area contributed by atoms with Gasteiger partial charge in [-0.3, -0.25) is 4.79 Å². The monoisotopic (exact) mass is 345 g/mol. The highest BCUT2D eigenvalue weighted by molar-refractivity contribution is 6.76. The summed E-state index contributed by atoms with van der Waals surface area (Å²) in [4.78, 5) is 11.6. The van der Waals surface area contributed by atoms with E-state index in [2.05, 4.69) is 5.32 Å². The molecule has 1 unspecified atom stereocenters. The van der Waals surface area contributed by atoms with Crippen LogP contribution in [-0.2, 0) is 4.79 Å². The van der Waals surface area contributed by atoms with Crippen LogP contribution in [0.3, 0.4) is 0 Å². The van der Waals surface area contributed by atoms with E-state index in [1.807, 2.05) is 0 Å². The highest BCUT2D eigenvalue weighted by Crippen LogP contribution is 2.28. The Morgan fingerprint density at radius 2 is 1.70 bits per heavy atom. The smallest absolute Gasteiger partial charge is 0.342 e. The Bertz CT molecular complexity index is 483. The summed E-state index contributed by atoms with van der Waals surface area (Å²) in [5.74, 6) is -1.01. The molecule has 110 valence electrons. The molecular weight excluding hydrogens is 337 g/mol. The standard InChI is InChI=1S/C12H9Cl3F3NO/c13-12(14,15)10(20)19-9(6-7-11(16,17)18)8-4-2-1-3-5-8/h1-7,9H,(H,19,20)/b7-6+. The maximum Gasteiger partial charge on any atom is 0.409 e. The molecule has 1 rings (SSSR count). The fourth-order valence-corrected chi connectivity index (χ4v) is 1.49. The molecule has 1 N–H and O–H groups in total. The van der Waals surface area contributed by atoms with E-state index in [0.717, 1.165) is 6.08 Å². The van der Waals surface area contributed by atoms with Crippen LogP contribution in [0.25, 0.3) is 0 Å². The van der Waals surface area contributed by atoms with Gasteiger partial charge >= 0.3 is 6.18 Å². The van der Waals surface area contributed by atoms with E-state index in [4.69, 9.17) is 34.8 Å². The van der Waals surface area contributed by atoms with Crippen molar-refractivity contribution in [1.82, 2.24) is 5.32 Å². The third-order valence-electron chi connectivity index (χ3n) is 2.18. The Labute approximate surface area is 128 Å². The predicted octanol–water partition coefficient (Wildman–Crippen LogP) is 4.33. The third-order valence-corrected chi connectivity index (χ3v) is 2.70. The van der Waals surface area contributed by atoms with Crippen molar-refractivity contribution in [3.8, 4) is 0 Å². The number of hydrogen-bond donors (Lipinski definition) is 1. The maximum absolute atomic E-state index is 12.2. The number of hydrogen-bond acceptors (Lipinski definition) is 1. The minimum atomic E-state index is -4.50. The lowest BCUT2D eigenvalue weighted by molar-refractivity contribution is -0.120. The van der Waals surface area contributed by atoms with Gasteiger partial charge in [-0.05, 0) is 5.56 Å². The van der Waals surface area contributed by atoms with Gasteiger partial charge in [-0.2, -0.15) is 13.2 Å². The Balaban J connectivity index is 2.98. The molecule has 0 aromatic heterocycles. The van der Waals surface area contributed by atoms with Crippen molar-refractivity contribution in [2.75, 3.05) is 0 Å². The summed E-state index contributed by atoms with van der Waals surface area (Å²) < 4.78 is 34.4. The zero-order valence-electron chi connectivity index (χ0n) is 9.79. The maximum atomic E-state index is 12.2. The number of allylic oxidation sites excluding steroid dienone is 1. The lowest BCUT2D eigenvalue weighted by Gasteiger charge is -2.19. The van der Waals surface area contributed by atoms with Crippen LogP contribution < -0.4 is 5.32 Å². The van der Waals surface area contributed by atoms with E-state index in [9.17, 15) is 18.0 Å². The van der Waals surface area contributed by atoms with Crippen LogP contribution >= 0.6 is 34.8 Å². The summed E-state index contributed by atoms with van der Waals surface area (Å²) >= 11 is 16.1. The van der Waals surface area contributed by atoms with Gasteiger partial charge in [-0.15, -0.1) is 0 Å². The molecule has 0 spiro atoms. The number of amides is 1. The molecule has 1 amide bonds. The van der Waals surface area contributed by atoms with E-state index in [-0.39, 0.29) is 6.08 Å². The number of carbonyl (C=O) groups excluding carboxylic acids is 1. The second-order valence-corrected chi connectivity index (χ2v) is 6.04. The van der Waals surface area contributed by atoms with E-state index >= 15 is 0 Å². The molecule has 1 aromatic carbocycles. The molecule has 0 heterocycles. The second kappa shape index (κ2) is 6.70. The first-order chi connectivity index (χ1) is 9.09. The van der Waals surface area contributed by atoms with Crippen LogP contribution in [0.5, 0.6) is 0 Å².